The predicted molar refractivity (Wildman–Crippen MR) is 64.7 cm³/mol. The fourth-order valence-electron chi connectivity index (χ4n) is 1.63. The van der Waals surface area contributed by atoms with E-state index in [4.69, 9.17) is 5.26 Å². The highest BCUT2D eigenvalue weighted by atomic mass is 19.1. The standard InChI is InChI=1S/C14H9F3N2/c15-9-1-4-11(5-2-9)19-14(8-18)12-6-3-10(16)7-13(12)17/h1-7,14,19H. The quantitative estimate of drug-likeness (QED) is 0.913. The second-order valence-electron chi connectivity index (χ2n) is 3.88. The van der Waals surface area contributed by atoms with Crippen LogP contribution in [0.1, 0.15) is 11.6 Å². The van der Waals surface area contributed by atoms with E-state index in [1.54, 1.807) is 0 Å². The maximum absolute atomic E-state index is 13.6. The first kappa shape index (κ1) is 13.0. The topological polar surface area (TPSA) is 35.8 Å². The highest BCUT2D eigenvalue weighted by Crippen LogP contribution is 2.22. The smallest absolute Gasteiger partial charge is 0.143 e. The summed E-state index contributed by atoms with van der Waals surface area (Å²) in [6.45, 7) is 0. The number of rotatable bonds is 3. The van der Waals surface area contributed by atoms with Crippen LogP contribution in [-0.2, 0) is 0 Å². The van der Waals surface area contributed by atoms with E-state index in [0.29, 0.717) is 11.8 Å². The molecule has 2 aromatic carbocycles. The number of hydrogen-bond donors (Lipinski definition) is 1. The van der Waals surface area contributed by atoms with Crippen LogP contribution in [0.4, 0.5) is 18.9 Å². The van der Waals surface area contributed by atoms with Gasteiger partial charge in [-0.05, 0) is 30.3 Å². The minimum absolute atomic E-state index is 0.0354. The minimum atomic E-state index is -0.980. The van der Waals surface area contributed by atoms with Crippen LogP contribution in [0.25, 0.3) is 0 Å². The van der Waals surface area contributed by atoms with Gasteiger partial charge in [0.15, 0.2) is 0 Å². The maximum Gasteiger partial charge on any atom is 0.143 e. The molecule has 0 aliphatic carbocycles. The van der Waals surface area contributed by atoms with Crippen molar-refractivity contribution in [2.45, 2.75) is 6.04 Å². The third kappa shape index (κ3) is 3.05. The molecule has 0 heterocycles. The highest BCUT2D eigenvalue weighted by molar-refractivity contribution is 5.47. The van der Waals surface area contributed by atoms with Gasteiger partial charge in [-0.15, -0.1) is 0 Å². The van der Waals surface area contributed by atoms with Crippen LogP contribution >= 0.6 is 0 Å². The molecule has 2 aromatic rings. The Morgan fingerprint density at radius 2 is 1.58 bits per heavy atom. The molecule has 1 atom stereocenters. The van der Waals surface area contributed by atoms with E-state index < -0.39 is 23.5 Å². The summed E-state index contributed by atoms with van der Waals surface area (Å²) in [6.07, 6.45) is 0. The molecule has 2 rings (SSSR count). The van der Waals surface area contributed by atoms with Crippen molar-refractivity contribution in [3.8, 4) is 6.07 Å². The van der Waals surface area contributed by atoms with Gasteiger partial charge in [-0.2, -0.15) is 5.26 Å². The molecule has 0 bridgehead atoms. The van der Waals surface area contributed by atoms with E-state index in [2.05, 4.69) is 5.32 Å². The lowest BCUT2D eigenvalue weighted by Crippen LogP contribution is -2.10. The second kappa shape index (κ2) is 5.44. The molecule has 19 heavy (non-hydrogen) atoms. The van der Waals surface area contributed by atoms with E-state index in [9.17, 15) is 13.2 Å². The van der Waals surface area contributed by atoms with Crippen molar-refractivity contribution in [2.75, 3.05) is 5.32 Å². The van der Waals surface area contributed by atoms with Gasteiger partial charge in [-0.3, -0.25) is 0 Å². The Balaban J connectivity index is 2.25. The van der Waals surface area contributed by atoms with Crippen LogP contribution in [-0.4, -0.2) is 0 Å². The monoisotopic (exact) mass is 262 g/mol. The Hall–Kier alpha value is -2.48. The number of halogens is 3. The molecule has 5 heteroatoms. The van der Waals surface area contributed by atoms with E-state index in [1.807, 2.05) is 6.07 Å². The molecule has 0 aliphatic heterocycles. The number of nitriles is 1. The van der Waals surface area contributed by atoms with Crippen LogP contribution in [0.3, 0.4) is 0 Å². The number of nitrogens with one attached hydrogen (secondary N) is 1. The lowest BCUT2D eigenvalue weighted by molar-refractivity contribution is 0.570. The highest BCUT2D eigenvalue weighted by Gasteiger charge is 2.15. The molecule has 0 saturated heterocycles. The normalized spacial score (nSPS) is 11.7. The fraction of sp³-hybridized carbons (Fsp3) is 0.0714. The van der Waals surface area contributed by atoms with Gasteiger partial charge in [0, 0.05) is 17.3 Å². The molecule has 0 radical (unpaired) electrons. The molecule has 2 nitrogen and oxygen atoms in total. The maximum atomic E-state index is 13.6. The molecule has 0 spiro atoms. The Bertz CT molecular complexity index is 618. The van der Waals surface area contributed by atoms with E-state index in [0.717, 1.165) is 6.07 Å². The Morgan fingerprint density at radius 3 is 2.16 bits per heavy atom. The summed E-state index contributed by atoms with van der Waals surface area (Å²) < 4.78 is 39.1. The zero-order valence-electron chi connectivity index (χ0n) is 9.70. The van der Waals surface area contributed by atoms with Gasteiger partial charge < -0.3 is 5.32 Å². The van der Waals surface area contributed by atoms with Crippen molar-refractivity contribution < 1.29 is 13.2 Å². The van der Waals surface area contributed by atoms with Gasteiger partial charge in [0.25, 0.3) is 0 Å². The summed E-state index contributed by atoms with van der Waals surface area (Å²) >= 11 is 0. The predicted octanol–water partition coefficient (Wildman–Crippen LogP) is 3.78. The zero-order chi connectivity index (χ0) is 13.8. The molecule has 96 valence electrons. The summed E-state index contributed by atoms with van der Waals surface area (Å²) in [7, 11) is 0. The number of hydrogen-bond acceptors (Lipinski definition) is 2. The van der Waals surface area contributed by atoms with E-state index >= 15 is 0 Å². The molecule has 0 aromatic heterocycles. The summed E-state index contributed by atoms with van der Waals surface area (Å²) in [5, 5.41) is 11.8. The lowest BCUT2D eigenvalue weighted by atomic mass is 10.1. The summed E-state index contributed by atoms with van der Waals surface area (Å²) in [5.41, 5.74) is 0.505. The first-order valence-electron chi connectivity index (χ1n) is 5.47. The third-order valence-corrected chi connectivity index (χ3v) is 2.56. The number of benzene rings is 2. The molecule has 1 N–H and O–H groups in total. The Labute approximate surface area is 108 Å². The van der Waals surface area contributed by atoms with Crippen molar-refractivity contribution in [1.29, 1.82) is 5.26 Å². The number of nitrogens with zero attached hydrogens (tertiary/aromatic N) is 1. The van der Waals surface area contributed by atoms with Crippen LogP contribution in [0.2, 0.25) is 0 Å². The summed E-state index contributed by atoms with van der Waals surface area (Å²) in [5.74, 6) is -1.92. The second-order valence-corrected chi connectivity index (χ2v) is 3.88. The van der Waals surface area contributed by atoms with Crippen LogP contribution in [0, 0.1) is 28.8 Å². The van der Waals surface area contributed by atoms with Gasteiger partial charge in [0.2, 0.25) is 0 Å². The van der Waals surface area contributed by atoms with E-state index in [-0.39, 0.29) is 5.56 Å². The first-order chi connectivity index (χ1) is 9.10. The average molecular weight is 262 g/mol. The minimum Gasteiger partial charge on any atom is -0.366 e. The molecule has 0 fully saturated rings. The van der Waals surface area contributed by atoms with Crippen LogP contribution in [0.15, 0.2) is 42.5 Å². The Morgan fingerprint density at radius 1 is 0.947 bits per heavy atom. The number of anilines is 1. The largest absolute Gasteiger partial charge is 0.366 e. The van der Waals surface area contributed by atoms with Crippen molar-refractivity contribution in [3.63, 3.8) is 0 Å². The van der Waals surface area contributed by atoms with Gasteiger partial charge in [0.05, 0.1) is 6.07 Å². The molecule has 0 amide bonds. The van der Waals surface area contributed by atoms with Crippen molar-refractivity contribution in [1.82, 2.24) is 0 Å². The third-order valence-electron chi connectivity index (χ3n) is 2.56. The fourth-order valence-corrected chi connectivity index (χ4v) is 1.63. The molecular weight excluding hydrogens is 253 g/mol. The summed E-state index contributed by atoms with van der Waals surface area (Å²) in [6, 6.07) is 9.19. The van der Waals surface area contributed by atoms with Gasteiger partial charge >= 0.3 is 0 Å². The van der Waals surface area contributed by atoms with Crippen LogP contribution < -0.4 is 5.32 Å². The van der Waals surface area contributed by atoms with Crippen molar-refractivity contribution >= 4 is 5.69 Å². The zero-order valence-corrected chi connectivity index (χ0v) is 9.70. The SMILES string of the molecule is N#CC(Nc1ccc(F)cc1)c1ccc(F)cc1F. The average Bonchev–Trinajstić information content (AvgIpc) is 2.39. The molecule has 0 saturated carbocycles. The molecular formula is C14H9F3N2. The Kier molecular flexibility index (Phi) is 3.71. The molecule has 0 aliphatic rings. The van der Waals surface area contributed by atoms with Gasteiger partial charge in [-0.25, -0.2) is 13.2 Å². The van der Waals surface area contributed by atoms with Gasteiger partial charge in [-0.1, -0.05) is 6.07 Å². The molecule has 1 unspecified atom stereocenters. The van der Waals surface area contributed by atoms with Crippen LogP contribution in [0.5, 0.6) is 0 Å². The van der Waals surface area contributed by atoms with Crippen molar-refractivity contribution in [2.24, 2.45) is 0 Å². The summed E-state index contributed by atoms with van der Waals surface area (Å²) in [4.78, 5) is 0. The van der Waals surface area contributed by atoms with Gasteiger partial charge in [0.1, 0.15) is 23.5 Å². The van der Waals surface area contributed by atoms with E-state index in [1.165, 1.54) is 30.3 Å². The van der Waals surface area contributed by atoms with Crippen molar-refractivity contribution in [3.05, 3.63) is 65.5 Å². The first-order valence-corrected chi connectivity index (χ1v) is 5.47. The lowest BCUT2D eigenvalue weighted by Gasteiger charge is -2.14.